The van der Waals surface area contributed by atoms with E-state index < -0.39 is 30.6 Å². The minimum atomic E-state index is -2.71. The van der Waals surface area contributed by atoms with Crippen molar-refractivity contribution >= 4 is 22.9 Å². The molecule has 7 rings (SSSR count). The Morgan fingerprint density at radius 3 is 2.76 bits per heavy atom. The van der Waals surface area contributed by atoms with Gasteiger partial charge in [0, 0.05) is 43.3 Å². The molecule has 0 bridgehead atoms. The monoisotopic (exact) mass is 613 g/mol. The quantitative estimate of drug-likeness (QED) is 0.258. The van der Waals surface area contributed by atoms with E-state index in [9.17, 15) is 13.6 Å². The SMILES string of the molecule is C=CC(=O)N1CCC(N[C@@H]2c3ccc(-n4c(-c5cccnc5N)nc5ccc(-n6cccn6)nc54)cc3CC2F)CC1C(F)F. The summed E-state index contributed by atoms with van der Waals surface area (Å²) in [5.41, 5.74) is 10.3. The normalized spacial score (nSPS) is 21.4. The van der Waals surface area contributed by atoms with E-state index in [1.807, 2.05) is 41.0 Å². The number of amides is 1. The van der Waals surface area contributed by atoms with Gasteiger partial charge >= 0.3 is 0 Å². The van der Waals surface area contributed by atoms with Crippen LogP contribution < -0.4 is 11.1 Å². The van der Waals surface area contributed by atoms with Crippen molar-refractivity contribution in [1.29, 1.82) is 0 Å². The van der Waals surface area contributed by atoms with Crippen LogP contribution in [0.3, 0.4) is 0 Å². The lowest BCUT2D eigenvalue weighted by atomic mass is 9.95. The van der Waals surface area contributed by atoms with Crippen LogP contribution in [0.2, 0.25) is 0 Å². The van der Waals surface area contributed by atoms with Gasteiger partial charge in [-0.15, -0.1) is 0 Å². The molecule has 3 unspecified atom stereocenters. The Kier molecular flexibility index (Phi) is 7.32. The first kappa shape index (κ1) is 28.7. The van der Waals surface area contributed by atoms with E-state index in [-0.39, 0.29) is 25.4 Å². The average Bonchev–Trinajstić information content (AvgIpc) is 3.78. The fourth-order valence-electron chi connectivity index (χ4n) is 6.47. The van der Waals surface area contributed by atoms with Gasteiger partial charge in [-0.3, -0.25) is 9.36 Å². The second-order valence-corrected chi connectivity index (χ2v) is 11.3. The largest absolute Gasteiger partial charge is 0.383 e. The number of nitrogens with zero attached hydrogens (tertiary/aromatic N) is 7. The number of likely N-dealkylation sites (tertiary alicyclic amines) is 1. The van der Waals surface area contributed by atoms with Crippen LogP contribution in [0.4, 0.5) is 19.0 Å². The van der Waals surface area contributed by atoms with E-state index in [4.69, 9.17) is 15.7 Å². The maximum atomic E-state index is 15.6. The molecule has 5 aromatic rings. The summed E-state index contributed by atoms with van der Waals surface area (Å²) in [7, 11) is 0. The van der Waals surface area contributed by atoms with Gasteiger partial charge in [0.25, 0.3) is 6.43 Å². The van der Waals surface area contributed by atoms with Gasteiger partial charge in [0.2, 0.25) is 5.91 Å². The Balaban J connectivity index is 1.25. The van der Waals surface area contributed by atoms with Gasteiger partial charge in [-0.05, 0) is 72.5 Å². The molecule has 10 nitrogen and oxygen atoms in total. The van der Waals surface area contributed by atoms with Crippen molar-refractivity contribution in [3.8, 4) is 22.9 Å². The molecule has 0 saturated carbocycles. The van der Waals surface area contributed by atoms with Crippen LogP contribution in [0.5, 0.6) is 0 Å². The first-order valence-electron chi connectivity index (χ1n) is 14.7. The van der Waals surface area contributed by atoms with Gasteiger partial charge < -0.3 is 16.0 Å². The number of hydrogen-bond donors (Lipinski definition) is 2. The molecule has 1 saturated heterocycles. The number of pyridine rings is 2. The number of nitrogen functional groups attached to an aromatic ring is 1. The predicted molar refractivity (Wildman–Crippen MR) is 163 cm³/mol. The standard InChI is InChI=1S/C32H30F3N9O/c1-2-27(45)42-14-10-19(17-25(42)29(34)35)39-28-21-7-6-20(15-18(21)16-23(28)33)44-31(22-5-3-11-37-30(22)36)40-24-8-9-26(41-32(24)44)43-13-4-12-38-43/h2-9,11-13,15,19,23,25,28-29,39H,1,10,14,16-17H2,(H2,36,37)/t19?,23?,25?,28-/m1/s1. The molecule has 45 heavy (non-hydrogen) atoms. The van der Waals surface area contributed by atoms with Crippen LogP contribution in [0, 0.1) is 0 Å². The summed E-state index contributed by atoms with van der Waals surface area (Å²) in [6.45, 7) is 3.57. The number of hydrogen-bond acceptors (Lipinski definition) is 7. The number of carbonyl (C=O) groups excluding carboxylic acids is 1. The topological polar surface area (TPSA) is 120 Å². The number of nitrogens with one attached hydrogen (secondary N) is 1. The summed E-state index contributed by atoms with van der Waals surface area (Å²) in [5, 5.41) is 7.60. The van der Waals surface area contributed by atoms with Crippen molar-refractivity contribution in [3.05, 3.63) is 90.9 Å². The number of anilines is 1. The Bertz CT molecular complexity index is 1890. The summed E-state index contributed by atoms with van der Waals surface area (Å²) in [6, 6.07) is 12.4. The summed E-state index contributed by atoms with van der Waals surface area (Å²) in [5.74, 6) is 0.908. The van der Waals surface area contributed by atoms with E-state index in [0.29, 0.717) is 46.3 Å². The molecule has 2 aliphatic rings. The van der Waals surface area contributed by atoms with E-state index in [0.717, 1.165) is 22.1 Å². The zero-order valence-corrected chi connectivity index (χ0v) is 24.1. The van der Waals surface area contributed by atoms with Gasteiger partial charge in [0.1, 0.15) is 17.5 Å². The molecule has 4 aromatic heterocycles. The Labute approximate surface area is 256 Å². The number of aromatic nitrogens is 6. The predicted octanol–water partition coefficient (Wildman–Crippen LogP) is 4.59. The van der Waals surface area contributed by atoms with Crippen LogP contribution in [-0.4, -0.2) is 71.3 Å². The van der Waals surface area contributed by atoms with E-state index in [1.54, 1.807) is 35.4 Å². The lowest BCUT2D eigenvalue weighted by Crippen LogP contribution is -2.54. The number of fused-ring (bicyclic) bond motifs is 2. The fourth-order valence-corrected chi connectivity index (χ4v) is 6.47. The lowest BCUT2D eigenvalue weighted by molar-refractivity contribution is -0.134. The number of nitrogens with two attached hydrogens (primary N) is 1. The van der Waals surface area contributed by atoms with E-state index in [2.05, 4.69) is 22.0 Å². The van der Waals surface area contributed by atoms with Gasteiger partial charge in [0.05, 0.1) is 17.6 Å². The van der Waals surface area contributed by atoms with Crippen molar-refractivity contribution in [2.75, 3.05) is 12.3 Å². The maximum Gasteiger partial charge on any atom is 0.258 e. The van der Waals surface area contributed by atoms with E-state index >= 15 is 4.39 Å². The van der Waals surface area contributed by atoms with Gasteiger partial charge in [-0.2, -0.15) is 5.10 Å². The molecule has 1 aliphatic carbocycles. The third-order valence-corrected chi connectivity index (χ3v) is 8.61. The summed E-state index contributed by atoms with van der Waals surface area (Å²) in [6.07, 6.45) is 2.75. The molecule has 1 aromatic carbocycles. The summed E-state index contributed by atoms with van der Waals surface area (Å²) >= 11 is 0. The maximum absolute atomic E-state index is 15.6. The van der Waals surface area contributed by atoms with Crippen LogP contribution in [0.25, 0.3) is 34.1 Å². The first-order chi connectivity index (χ1) is 21.8. The fraction of sp³-hybridized carbons (Fsp3) is 0.281. The number of rotatable bonds is 7. The second kappa shape index (κ2) is 11.5. The molecular weight excluding hydrogens is 583 g/mol. The number of benzene rings is 1. The molecule has 4 atom stereocenters. The average molecular weight is 614 g/mol. The lowest BCUT2D eigenvalue weighted by Gasteiger charge is -2.40. The zero-order chi connectivity index (χ0) is 31.2. The number of carbonyl (C=O) groups is 1. The molecular formula is C32H30F3N9O. The summed E-state index contributed by atoms with van der Waals surface area (Å²) in [4.78, 5) is 27.3. The van der Waals surface area contributed by atoms with Crippen molar-refractivity contribution in [1.82, 2.24) is 39.5 Å². The molecule has 230 valence electrons. The zero-order valence-electron chi connectivity index (χ0n) is 24.1. The van der Waals surface area contributed by atoms with Gasteiger partial charge in [-0.25, -0.2) is 32.8 Å². The van der Waals surface area contributed by atoms with Crippen molar-refractivity contribution in [3.63, 3.8) is 0 Å². The highest BCUT2D eigenvalue weighted by Gasteiger charge is 2.40. The minimum Gasteiger partial charge on any atom is -0.383 e. The second-order valence-electron chi connectivity index (χ2n) is 11.3. The third kappa shape index (κ3) is 5.12. The smallest absolute Gasteiger partial charge is 0.258 e. The van der Waals surface area contributed by atoms with Gasteiger partial charge in [0.15, 0.2) is 17.3 Å². The highest BCUT2D eigenvalue weighted by atomic mass is 19.3. The summed E-state index contributed by atoms with van der Waals surface area (Å²) < 4.78 is 46.9. The number of piperidine rings is 1. The Morgan fingerprint density at radius 1 is 1.13 bits per heavy atom. The molecule has 3 N–H and O–H groups in total. The van der Waals surface area contributed by atoms with Crippen LogP contribution in [0.15, 0.2) is 79.8 Å². The third-order valence-electron chi connectivity index (χ3n) is 8.61. The molecule has 1 amide bonds. The Morgan fingerprint density at radius 2 is 2.00 bits per heavy atom. The Hall–Kier alpha value is -5.04. The van der Waals surface area contributed by atoms with Crippen LogP contribution >= 0.6 is 0 Å². The van der Waals surface area contributed by atoms with E-state index in [1.165, 1.54) is 0 Å². The van der Waals surface area contributed by atoms with Crippen LogP contribution in [-0.2, 0) is 11.2 Å². The molecule has 13 heteroatoms. The van der Waals surface area contributed by atoms with Crippen molar-refractivity contribution in [2.24, 2.45) is 0 Å². The molecule has 1 fully saturated rings. The minimum absolute atomic E-state index is 0.0229. The molecule has 0 spiro atoms. The highest BCUT2D eigenvalue weighted by Crippen LogP contribution is 2.38. The van der Waals surface area contributed by atoms with Crippen molar-refractivity contribution in [2.45, 2.75) is 50.0 Å². The molecule has 0 radical (unpaired) electrons. The van der Waals surface area contributed by atoms with Crippen LogP contribution in [0.1, 0.15) is 30.0 Å². The number of imidazole rings is 1. The highest BCUT2D eigenvalue weighted by molar-refractivity contribution is 5.87. The van der Waals surface area contributed by atoms with Crippen molar-refractivity contribution < 1.29 is 18.0 Å². The molecule has 5 heterocycles. The molecule has 1 aliphatic heterocycles. The van der Waals surface area contributed by atoms with Gasteiger partial charge in [-0.1, -0.05) is 12.6 Å². The first-order valence-corrected chi connectivity index (χ1v) is 14.7. The number of alkyl halides is 3. The number of halogens is 3.